The molecule has 0 spiro atoms. The number of benzene rings is 2. The van der Waals surface area contributed by atoms with Crippen LogP contribution in [0.2, 0.25) is 5.02 Å². The van der Waals surface area contributed by atoms with Gasteiger partial charge in [-0.05, 0) is 19.1 Å². The zero-order valence-corrected chi connectivity index (χ0v) is 20.3. The number of rotatable bonds is 7. The maximum atomic E-state index is 13.7. The molecular formula is C25H28ClN3O5. The lowest BCUT2D eigenvalue weighted by Crippen LogP contribution is -2.60. The van der Waals surface area contributed by atoms with E-state index >= 15 is 0 Å². The predicted octanol–water partition coefficient (Wildman–Crippen LogP) is 2.78. The number of hydrogen-bond acceptors (Lipinski definition) is 6. The van der Waals surface area contributed by atoms with Crippen LogP contribution >= 0.6 is 11.6 Å². The Labute approximate surface area is 203 Å². The number of amides is 1. The lowest BCUT2D eigenvalue weighted by atomic mass is 9.95. The Balaban J connectivity index is 1.69. The number of quaternary nitrogens is 1. The summed E-state index contributed by atoms with van der Waals surface area (Å²) >= 11 is 6.32. The monoisotopic (exact) mass is 485 g/mol. The molecule has 4 rings (SSSR count). The largest absolute Gasteiger partial charge is 0.550 e. The summed E-state index contributed by atoms with van der Waals surface area (Å²) in [6, 6.07) is 10.8. The third-order valence-electron chi connectivity index (χ3n) is 6.93. The highest BCUT2D eigenvalue weighted by molar-refractivity contribution is 6.54. The van der Waals surface area contributed by atoms with Crippen molar-refractivity contribution < 1.29 is 28.7 Å². The number of piperidine rings is 1. The molecule has 1 amide bonds. The van der Waals surface area contributed by atoms with Gasteiger partial charge in [0.1, 0.15) is 22.9 Å². The van der Waals surface area contributed by atoms with Crippen molar-refractivity contribution in [2.45, 2.75) is 19.8 Å². The number of hydrogen-bond donors (Lipinski definition) is 0. The Morgan fingerprint density at radius 2 is 1.85 bits per heavy atom. The molecule has 0 bridgehead atoms. The molecule has 2 aromatic rings. The van der Waals surface area contributed by atoms with Gasteiger partial charge in [-0.15, -0.1) is 0 Å². The van der Waals surface area contributed by atoms with E-state index in [4.69, 9.17) is 21.1 Å². The Bertz CT molecular complexity index is 1140. The highest BCUT2D eigenvalue weighted by atomic mass is 35.5. The van der Waals surface area contributed by atoms with E-state index < -0.39 is 11.9 Å². The SMILES string of the molecule is CC[N+]1(CN2C(=O)C(=Nc3cc(Cl)c(OC)cc3OC)c3ccccc32)CCC(C(=O)[O-])CC1. The minimum Gasteiger partial charge on any atom is -0.550 e. The second-order valence-corrected chi connectivity index (χ2v) is 9.12. The van der Waals surface area contributed by atoms with E-state index in [0.29, 0.717) is 65.0 Å². The predicted molar refractivity (Wildman–Crippen MR) is 128 cm³/mol. The second-order valence-electron chi connectivity index (χ2n) is 8.71. The van der Waals surface area contributed by atoms with E-state index in [1.54, 1.807) is 17.0 Å². The van der Waals surface area contributed by atoms with E-state index in [9.17, 15) is 14.7 Å². The topological polar surface area (TPSA) is 91.3 Å². The number of para-hydroxylation sites is 1. The van der Waals surface area contributed by atoms with Crippen LogP contribution in [0, 0.1) is 5.92 Å². The quantitative estimate of drug-likeness (QED) is 0.562. The molecule has 180 valence electrons. The molecule has 1 fully saturated rings. The summed E-state index contributed by atoms with van der Waals surface area (Å²) in [5, 5.41) is 11.7. The molecule has 0 unspecified atom stereocenters. The number of halogens is 1. The average molecular weight is 486 g/mol. The molecule has 2 aliphatic rings. The van der Waals surface area contributed by atoms with Crippen LogP contribution in [-0.4, -0.2) is 62.6 Å². The summed E-state index contributed by atoms with van der Waals surface area (Å²) in [5.41, 5.74) is 2.27. The Kier molecular flexibility index (Phi) is 6.81. The number of aliphatic imine (C=N–C) groups is 1. The number of carbonyl (C=O) groups excluding carboxylic acids is 2. The van der Waals surface area contributed by atoms with Gasteiger partial charge in [-0.1, -0.05) is 29.8 Å². The summed E-state index contributed by atoms with van der Waals surface area (Å²) in [7, 11) is 3.04. The van der Waals surface area contributed by atoms with Crippen LogP contribution in [0.1, 0.15) is 25.3 Å². The van der Waals surface area contributed by atoms with E-state index in [1.807, 2.05) is 24.3 Å². The first-order valence-electron chi connectivity index (χ1n) is 11.3. The van der Waals surface area contributed by atoms with Crippen LogP contribution in [0.3, 0.4) is 0 Å². The molecule has 0 N–H and O–H groups in total. The lowest BCUT2D eigenvalue weighted by molar-refractivity contribution is -0.930. The maximum Gasteiger partial charge on any atom is 0.281 e. The fourth-order valence-corrected chi connectivity index (χ4v) is 5.01. The first-order valence-corrected chi connectivity index (χ1v) is 11.7. The molecule has 9 heteroatoms. The first kappa shape index (κ1) is 24.0. The zero-order chi connectivity index (χ0) is 24.5. The Hall–Kier alpha value is -3.10. The summed E-state index contributed by atoms with van der Waals surface area (Å²) in [5.74, 6) is -0.722. The number of carboxylic acid groups (broad SMARTS) is 1. The van der Waals surface area contributed by atoms with Crippen molar-refractivity contribution in [1.29, 1.82) is 0 Å². The molecule has 1 saturated heterocycles. The molecule has 0 radical (unpaired) electrons. The number of likely N-dealkylation sites (tertiary alicyclic amines) is 1. The number of methoxy groups -OCH3 is 2. The van der Waals surface area contributed by atoms with Crippen molar-refractivity contribution in [2.75, 3.05) is 45.4 Å². The van der Waals surface area contributed by atoms with Crippen LogP contribution in [0.5, 0.6) is 11.5 Å². The molecule has 0 aliphatic carbocycles. The van der Waals surface area contributed by atoms with Crippen molar-refractivity contribution in [1.82, 2.24) is 0 Å². The number of nitrogens with zero attached hydrogens (tertiary/aromatic N) is 3. The smallest absolute Gasteiger partial charge is 0.281 e. The minimum absolute atomic E-state index is 0.205. The molecule has 0 aromatic heterocycles. The number of carboxylic acids is 1. The summed E-state index contributed by atoms with van der Waals surface area (Å²) in [6.45, 7) is 4.67. The Morgan fingerprint density at radius 1 is 1.18 bits per heavy atom. The number of carbonyl (C=O) groups is 2. The van der Waals surface area contributed by atoms with Gasteiger partial charge in [-0.2, -0.15) is 0 Å². The van der Waals surface area contributed by atoms with E-state index in [0.717, 1.165) is 17.8 Å². The van der Waals surface area contributed by atoms with E-state index in [-0.39, 0.29) is 5.91 Å². The molecule has 0 saturated carbocycles. The molecule has 2 aliphatic heterocycles. The van der Waals surface area contributed by atoms with Gasteiger partial charge in [-0.25, -0.2) is 4.99 Å². The summed E-state index contributed by atoms with van der Waals surface area (Å²) in [6.07, 6.45) is 1.09. The molecule has 34 heavy (non-hydrogen) atoms. The maximum absolute atomic E-state index is 13.7. The van der Waals surface area contributed by atoms with Gasteiger partial charge in [0, 0.05) is 36.4 Å². The molecule has 2 heterocycles. The molecule has 8 nitrogen and oxygen atoms in total. The van der Waals surface area contributed by atoms with Crippen molar-refractivity contribution in [3.63, 3.8) is 0 Å². The standard InChI is InChI=1S/C25H28ClN3O5/c1-4-29(11-9-16(10-12-29)25(31)32)15-28-20-8-6-5-7-17(20)23(24(28)30)27-19-13-18(26)21(33-2)14-22(19)34-3/h5-8,13-14,16H,4,9-12,15H2,1-3H3. The van der Waals surface area contributed by atoms with Crippen molar-refractivity contribution in [3.05, 3.63) is 47.0 Å². The van der Waals surface area contributed by atoms with Gasteiger partial charge in [0.05, 0.1) is 44.6 Å². The third kappa shape index (κ3) is 4.35. The van der Waals surface area contributed by atoms with Crippen molar-refractivity contribution >= 4 is 40.6 Å². The fraction of sp³-hybridized carbons (Fsp3) is 0.400. The van der Waals surface area contributed by atoms with Crippen molar-refractivity contribution in [2.24, 2.45) is 10.9 Å². The first-order chi connectivity index (χ1) is 16.3. The van der Waals surface area contributed by atoms with Gasteiger partial charge in [-0.3, -0.25) is 9.69 Å². The summed E-state index contributed by atoms with van der Waals surface area (Å²) < 4.78 is 11.4. The zero-order valence-electron chi connectivity index (χ0n) is 19.5. The van der Waals surface area contributed by atoms with Crippen LogP contribution < -0.4 is 19.5 Å². The van der Waals surface area contributed by atoms with Gasteiger partial charge >= 0.3 is 0 Å². The van der Waals surface area contributed by atoms with Crippen LogP contribution in [0.25, 0.3) is 0 Å². The van der Waals surface area contributed by atoms with Crippen molar-refractivity contribution in [3.8, 4) is 11.5 Å². The third-order valence-corrected chi connectivity index (χ3v) is 7.23. The number of aliphatic carboxylic acids is 1. The number of ether oxygens (including phenoxy) is 2. The number of anilines is 1. The fourth-order valence-electron chi connectivity index (χ4n) is 4.77. The van der Waals surface area contributed by atoms with Gasteiger partial charge in [0.2, 0.25) is 0 Å². The molecule has 2 aromatic carbocycles. The van der Waals surface area contributed by atoms with E-state index in [1.165, 1.54) is 14.2 Å². The lowest BCUT2D eigenvalue weighted by Gasteiger charge is -2.45. The van der Waals surface area contributed by atoms with Crippen LogP contribution in [0.4, 0.5) is 11.4 Å². The van der Waals surface area contributed by atoms with Crippen LogP contribution in [0.15, 0.2) is 41.4 Å². The highest BCUT2D eigenvalue weighted by Crippen LogP contribution is 2.40. The summed E-state index contributed by atoms with van der Waals surface area (Å²) in [4.78, 5) is 31.4. The van der Waals surface area contributed by atoms with Gasteiger partial charge in [0.15, 0.2) is 6.67 Å². The Morgan fingerprint density at radius 3 is 2.47 bits per heavy atom. The van der Waals surface area contributed by atoms with Gasteiger partial charge < -0.3 is 23.9 Å². The number of fused-ring (bicyclic) bond motifs is 1. The minimum atomic E-state index is -0.988. The van der Waals surface area contributed by atoms with Gasteiger partial charge in [0.25, 0.3) is 5.91 Å². The average Bonchev–Trinajstić information content (AvgIpc) is 3.10. The normalized spacial score (nSPS) is 23.2. The second kappa shape index (κ2) is 9.64. The molecule has 0 atom stereocenters. The highest BCUT2D eigenvalue weighted by Gasteiger charge is 2.41. The molecular weight excluding hydrogens is 458 g/mol. The van der Waals surface area contributed by atoms with E-state index in [2.05, 4.69) is 11.9 Å². The van der Waals surface area contributed by atoms with Crippen LogP contribution in [-0.2, 0) is 9.59 Å².